The van der Waals surface area contributed by atoms with E-state index in [9.17, 15) is 4.79 Å². The van der Waals surface area contributed by atoms with Crippen LogP contribution >= 0.6 is 11.3 Å². The topological polar surface area (TPSA) is 59.3 Å². The zero-order chi connectivity index (χ0) is 18.6. The number of benzene rings is 2. The molecule has 1 N–H and O–H groups in total. The molecule has 0 aliphatic rings. The van der Waals surface area contributed by atoms with E-state index in [-0.39, 0.29) is 5.91 Å². The minimum absolute atomic E-state index is 0.205. The highest BCUT2D eigenvalue weighted by atomic mass is 32.1. The first-order valence-corrected chi connectivity index (χ1v) is 9.46. The number of carbonyl (C=O) groups excluding carboxylic acids is 1. The van der Waals surface area contributed by atoms with E-state index in [1.807, 2.05) is 73.1 Å². The highest BCUT2D eigenvalue weighted by molar-refractivity contribution is 7.12. The van der Waals surface area contributed by atoms with Crippen molar-refractivity contribution in [3.05, 3.63) is 88.4 Å². The van der Waals surface area contributed by atoms with Gasteiger partial charge in [0.15, 0.2) is 0 Å². The summed E-state index contributed by atoms with van der Waals surface area (Å²) in [5, 5.41) is 6.30. The largest absolute Gasteiger partial charge is 0.331 e. The molecule has 0 saturated heterocycles. The second kappa shape index (κ2) is 7.55. The zero-order valence-electron chi connectivity index (χ0n) is 14.8. The number of rotatable bonds is 5. The summed E-state index contributed by atoms with van der Waals surface area (Å²) in [6.07, 6.45) is 0.514. The molecular formula is C21H18N4OS. The van der Waals surface area contributed by atoms with E-state index in [0.717, 1.165) is 28.1 Å². The molecule has 5 nitrogen and oxygen atoms in total. The maximum Gasteiger partial charge on any atom is 0.281 e. The molecule has 0 fully saturated rings. The number of para-hydroxylation sites is 2. The van der Waals surface area contributed by atoms with Gasteiger partial charge < -0.3 is 4.57 Å². The molecule has 0 bridgehead atoms. The Morgan fingerprint density at radius 1 is 1.07 bits per heavy atom. The third-order valence-corrected chi connectivity index (χ3v) is 5.22. The summed E-state index contributed by atoms with van der Waals surface area (Å²) in [6, 6.07) is 21.5. The molecule has 27 heavy (non-hydrogen) atoms. The number of aryl methyl sites for hydroxylation is 1. The van der Waals surface area contributed by atoms with Crippen molar-refractivity contribution in [1.29, 1.82) is 0 Å². The van der Waals surface area contributed by atoms with E-state index in [0.29, 0.717) is 11.3 Å². The first-order valence-electron chi connectivity index (χ1n) is 8.58. The predicted octanol–water partition coefficient (Wildman–Crippen LogP) is 4.01. The summed E-state index contributed by atoms with van der Waals surface area (Å²) in [5.74, 6) is 0.688. The lowest BCUT2D eigenvalue weighted by Gasteiger charge is -2.08. The third-order valence-electron chi connectivity index (χ3n) is 4.35. The molecule has 4 aromatic rings. The Kier molecular flexibility index (Phi) is 4.80. The van der Waals surface area contributed by atoms with Crippen LogP contribution in [0.2, 0.25) is 0 Å². The van der Waals surface area contributed by atoms with E-state index in [1.165, 1.54) is 11.3 Å². The SMILES string of the molecule is Cn1c(C/C(=N\NC(=O)c2cccs2)c2ccccc2)nc2ccccc21. The minimum atomic E-state index is -0.205. The Labute approximate surface area is 161 Å². The van der Waals surface area contributed by atoms with Crippen LogP contribution in [0.25, 0.3) is 11.0 Å². The van der Waals surface area contributed by atoms with Crippen molar-refractivity contribution in [2.24, 2.45) is 12.1 Å². The van der Waals surface area contributed by atoms with Crippen LogP contribution in [0, 0.1) is 0 Å². The average molecular weight is 374 g/mol. The van der Waals surface area contributed by atoms with Gasteiger partial charge in [0.1, 0.15) is 5.82 Å². The maximum absolute atomic E-state index is 12.3. The molecule has 1 amide bonds. The fraction of sp³-hybridized carbons (Fsp3) is 0.0952. The Hall–Kier alpha value is -3.25. The summed E-state index contributed by atoms with van der Waals surface area (Å²) >= 11 is 1.39. The molecule has 2 heterocycles. The lowest BCUT2D eigenvalue weighted by atomic mass is 10.1. The molecule has 2 aromatic heterocycles. The number of thiophene rings is 1. The van der Waals surface area contributed by atoms with Gasteiger partial charge in [-0.3, -0.25) is 4.79 Å². The van der Waals surface area contributed by atoms with Gasteiger partial charge >= 0.3 is 0 Å². The number of aromatic nitrogens is 2. The van der Waals surface area contributed by atoms with Crippen LogP contribution in [0.1, 0.15) is 21.1 Å². The van der Waals surface area contributed by atoms with Crippen LogP contribution in [-0.4, -0.2) is 21.2 Å². The van der Waals surface area contributed by atoms with Crippen molar-refractivity contribution in [3.8, 4) is 0 Å². The Balaban J connectivity index is 1.66. The van der Waals surface area contributed by atoms with Crippen LogP contribution in [0.3, 0.4) is 0 Å². The third kappa shape index (κ3) is 3.66. The highest BCUT2D eigenvalue weighted by Gasteiger charge is 2.13. The second-order valence-electron chi connectivity index (χ2n) is 6.10. The molecule has 0 aliphatic carbocycles. The summed E-state index contributed by atoms with van der Waals surface area (Å²) < 4.78 is 2.06. The number of nitrogens with one attached hydrogen (secondary N) is 1. The number of amides is 1. The summed E-state index contributed by atoms with van der Waals surface area (Å²) in [5.41, 5.74) is 6.42. The van der Waals surface area contributed by atoms with Gasteiger partial charge in [0.25, 0.3) is 5.91 Å². The molecule has 4 rings (SSSR count). The van der Waals surface area contributed by atoms with Crippen molar-refractivity contribution in [2.75, 3.05) is 0 Å². The number of imidazole rings is 1. The first-order chi connectivity index (χ1) is 13.2. The predicted molar refractivity (Wildman–Crippen MR) is 109 cm³/mol. The quantitative estimate of drug-likeness (QED) is 0.424. The molecule has 2 aromatic carbocycles. The van der Waals surface area contributed by atoms with Gasteiger partial charge in [0.05, 0.1) is 28.0 Å². The monoisotopic (exact) mass is 374 g/mol. The standard InChI is InChI=1S/C21H18N4OS/c1-25-18-11-6-5-10-16(18)22-20(25)14-17(15-8-3-2-4-9-15)23-24-21(26)19-12-7-13-27-19/h2-13H,14H2,1H3,(H,24,26)/b23-17+. The molecule has 0 atom stereocenters. The molecule has 0 saturated carbocycles. The molecular weight excluding hydrogens is 356 g/mol. The van der Waals surface area contributed by atoms with Gasteiger partial charge in [-0.15, -0.1) is 11.3 Å². The number of hydrogen-bond donors (Lipinski definition) is 1. The average Bonchev–Trinajstić information content (AvgIpc) is 3.35. The fourth-order valence-electron chi connectivity index (χ4n) is 2.92. The Morgan fingerprint density at radius 2 is 1.85 bits per heavy atom. The number of hydrogen-bond acceptors (Lipinski definition) is 4. The number of nitrogens with zero attached hydrogens (tertiary/aromatic N) is 3. The lowest BCUT2D eigenvalue weighted by molar-refractivity contribution is 0.0959. The highest BCUT2D eigenvalue weighted by Crippen LogP contribution is 2.16. The maximum atomic E-state index is 12.3. The van der Waals surface area contributed by atoms with E-state index >= 15 is 0 Å². The molecule has 0 aliphatic heterocycles. The lowest BCUT2D eigenvalue weighted by Crippen LogP contribution is -2.21. The fourth-order valence-corrected chi connectivity index (χ4v) is 3.53. The van der Waals surface area contributed by atoms with Crippen LogP contribution in [0.15, 0.2) is 77.2 Å². The van der Waals surface area contributed by atoms with Crippen LogP contribution < -0.4 is 5.43 Å². The summed E-state index contributed by atoms with van der Waals surface area (Å²) in [7, 11) is 2.00. The van der Waals surface area contributed by atoms with Gasteiger partial charge in [-0.1, -0.05) is 48.5 Å². The van der Waals surface area contributed by atoms with Gasteiger partial charge in [0.2, 0.25) is 0 Å². The number of carbonyl (C=O) groups is 1. The van der Waals surface area contributed by atoms with Crippen LogP contribution in [-0.2, 0) is 13.5 Å². The Morgan fingerprint density at radius 3 is 2.59 bits per heavy atom. The van der Waals surface area contributed by atoms with Gasteiger partial charge in [-0.05, 0) is 29.1 Å². The molecule has 0 radical (unpaired) electrons. The Bertz CT molecular complexity index is 1100. The smallest absolute Gasteiger partial charge is 0.281 e. The normalized spacial score (nSPS) is 11.7. The van der Waals surface area contributed by atoms with E-state index < -0.39 is 0 Å². The van der Waals surface area contributed by atoms with E-state index in [1.54, 1.807) is 6.07 Å². The van der Waals surface area contributed by atoms with Gasteiger partial charge in [0, 0.05) is 7.05 Å². The molecule has 134 valence electrons. The summed E-state index contributed by atoms with van der Waals surface area (Å²) in [4.78, 5) is 17.6. The molecule has 0 spiro atoms. The van der Waals surface area contributed by atoms with E-state index in [4.69, 9.17) is 4.98 Å². The van der Waals surface area contributed by atoms with Crippen LogP contribution in [0.4, 0.5) is 0 Å². The summed E-state index contributed by atoms with van der Waals surface area (Å²) in [6.45, 7) is 0. The van der Waals surface area contributed by atoms with Crippen molar-refractivity contribution in [2.45, 2.75) is 6.42 Å². The molecule has 0 unspecified atom stereocenters. The van der Waals surface area contributed by atoms with Crippen LogP contribution in [0.5, 0.6) is 0 Å². The van der Waals surface area contributed by atoms with Crippen molar-refractivity contribution < 1.29 is 4.79 Å². The van der Waals surface area contributed by atoms with Crippen molar-refractivity contribution in [3.63, 3.8) is 0 Å². The van der Waals surface area contributed by atoms with E-state index in [2.05, 4.69) is 15.1 Å². The van der Waals surface area contributed by atoms with Crippen molar-refractivity contribution >= 4 is 34.0 Å². The second-order valence-corrected chi connectivity index (χ2v) is 7.04. The van der Waals surface area contributed by atoms with Gasteiger partial charge in [-0.2, -0.15) is 5.10 Å². The number of hydrazone groups is 1. The minimum Gasteiger partial charge on any atom is -0.331 e. The van der Waals surface area contributed by atoms with Gasteiger partial charge in [-0.25, -0.2) is 10.4 Å². The zero-order valence-corrected chi connectivity index (χ0v) is 15.6. The van der Waals surface area contributed by atoms with Crippen molar-refractivity contribution in [1.82, 2.24) is 15.0 Å². The first kappa shape index (κ1) is 17.2. The molecule has 6 heteroatoms. The number of fused-ring (bicyclic) bond motifs is 1.